The number of aliphatic carboxylic acids is 1. The largest absolute Gasteiger partial charge is 0.479 e. The van der Waals surface area contributed by atoms with Gasteiger partial charge in [-0.05, 0) is 19.3 Å². The lowest BCUT2D eigenvalue weighted by molar-refractivity contribution is -0.162. The number of carbonyl (C=O) groups excluding carboxylic acids is 1. The summed E-state index contributed by atoms with van der Waals surface area (Å²) < 4.78 is 5.32. The lowest BCUT2D eigenvalue weighted by Gasteiger charge is -2.35. The van der Waals surface area contributed by atoms with Crippen LogP contribution in [0.15, 0.2) is 4.52 Å². The first kappa shape index (κ1) is 15.0. The smallest absolute Gasteiger partial charge is 0.335 e. The number of nitrogens with zero attached hydrogens (tertiary/aromatic N) is 2. The zero-order valence-electron chi connectivity index (χ0n) is 12.4. The third kappa shape index (κ3) is 2.61. The minimum atomic E-state index is -1.72. The second kappa shape index (κ2) is 5.72. The van der Waals surface area contributed by atoms with Gasteiger partial charge in [-0.1, -0.05) is 11.6 Å². The summed E-state index contributed by atoms with van der Waals surface area (Å²) in [7, 11) is 0. The Bertz CT molecular complexity index is 587. The number of hydrogen-bond donors (Lipinski definition) is 2. The summed E-state index contributed by atoms with van der Waals surface area (Å²) in [4.78, 5) is 25.2. The molecule has 0 atom stereocenters. The average molecular weight is 308 g/mol. The van der Waals surface area contributed by atoms with Crippen molar-refractivity contribution in [2.45, 2.75) is 50.5 Å². The molecule has 3 rings (SSSR count). The van der Waals surface area contributed by atoms with E-state index in [2.05, 4.69) is 5.16 Å². The molecule has 1 aromatic heterocycles. The summed E-state index contributed by atoms with van der Waals surface area (Å²) in [6, 6.07) is 0. The van der Waals surface area contributed by atoms with Crippen molar-refractivity contribution in [1.82, 2.24) is 10.1 Å². The van der Waals surface area contributed by atoms with Crippen LogP contribution in [0.2, 0.25) is 0 Å². The second-order valence-electron chi connectivity index (χ2n) is 6.12. The van der Waals surface area contributed by atoms with Crippen molar-refractivity contribution < 1.29 is 24.3 Å². The molecule has 1 fully saturated rings. The molecule has 0 aromatic carbocycles. The minimum Gasteiger partial charge on any atom is -0.479 e. The van der Waals surface area contributed by atoms with Crippen LogP contribution < -0.4 is 0 Å². The van der Waals surface area contributed by atoms with Gasteiger partial charge in [-0.2, -0.15) is 0 Å². The molecule has 22 heavy (non-hydrogen) atoms. The van der Waals surface area contributed by atoms with Crippen LogP contribution in [0.4, 0.5) is 0 Å². The highest BCUT2D eigenvalue weighted by atomic mass is 16.5. The standard InChI is InChI=1S/C15H20N2O5/c18-13(17-8-6-15(21,7-9-17)14(19)20)12-10-4-2-1-3-5-11(10)22-16-12/h21H,1-9H2,(H,19,20). The molecular formula is C15H20N2O5. The number of carboxylic acid groups (broad SMARTS) is 1. The van der Waals surface area contributed by atoms with Crippen molar-refractivity contribution in [2.24, 2.45) is 0 Å². The van der Waals surface area contributed by atoms with E-state index in [1.165, 1.54) is 0 Å². The molecule has 0 bridgehead atoms. The summed E-state index contributed by atoms with van der Waals surface area (Å²) in [5.41, 5.74) is -0.462. The minimum absolute atomic E-state index is 0.0358. The van der Waals surface area contributed by atoms with E-state index >= 15 is 0 Å². The maximum Gasteiger partial charge on any atom is 0.335 e. The van der Waals surface area contributed by atoms with Gasteiger partial charge in [0, 0.05) is 37.9 Å². The highest BCUT2D eigenvalue weighted by Gasteiger charge is 2.41. The number of aromatic nitrogens is 1. The number of likely N-dealkylation sites (tertiary alicyclic amines) is 1. The van der Waals surface area contributed by atoms with Crippen LogP contribution in [0.1, 0.15) is 53.9 Å². The first-order chi connectivity index (χ1) is 10.5. The van der Waals surface area contributed by atoms with Gasteiger partial charge in [-0.15, -0.1) is 0 Å². The van der Waals surface area contributed by atoms with E-state index in [0.717, 1.165) is 43.4 Å². The quantitative estimate of drug-likeness (QED) is 0.790. The van der Waals surface area contributed by atoms with Crippen LogP contribution in [0.3, 0.4) is 0 Å². The van der Waals surface area contributed by atoms with E-state index in [1.54, 1.807) is 4.90 Å². The van der Waals surface area contributed by atoms with Gasteiger partial charge >= 0.3 is 5.97 Å². The normalized spacial score (nSPS) is 21.0. The number of piperidine rings is 1. The van der Waals surface area contributed by atoms with Crippen LogP contribution in [0.25, 0.3) is 0 Å². The molecule has 7 heteroatoms. The highest BCUT2D eigenvalue weighted by Crippen LogP contribution is 2.27. The van der Waals surface area contributed by atoms with E-state index < -0.39 is 11.6 Å². The SMILES string of the molecule is O=C(c1noc2c1CCCCC2)N1CCC(O)(C(=O)O)CC1. The van der Waals surface area contributed by atoms with Crippen molar-refractivity contribution in [3.63, 3.8) is 0 Å². The molecule has 0 spiro atoms. The van der Waals surface area contributed by atoms with E-state index in [0.29, 0.717) is 5.69 Å². The molecule has 1 aliphatic heterocycles. The second-order valence-corrected chi connectivity index (χ2v) is 6.12. The Morgan fingerprint density at radius 3 is 2.50 bits per heavy atom. The molecule has 1 amide bonds. The van der Waals surface area contributed by atoms with Crippen LogP contribution >= 0.6 is 0 Å². The molecule has 0 radical (unpaired) electrons. The third-order valence-electron chi connectivity index (χ3n) is 4.68. The number of hydrogen-bond acceptors (Lipinski definition) is 5. The Morgan fingerprint density at radius 2 is 1.82 bits per heavy atom. The zero-order chi connectivity index (χ0) is 15.7. The summed E-state index contributed by atoms with van der Waals surface area (Å²) in [5, 5.41) is 22.9. The molecule has 1 aliphatic carbocycles. The van der Waals surface area contributed by atoms with Crippen LogP contribution in [0, 0.1) is 0 Å². The fourth-order valence-electron chi connectivity index (χ4n) is 3.17. The number of rotatable bonds is 2. The van der Waals surface area contributed by atoms with E-state index in [9.17, 15) is 14.7 Å². The number of aliphatic hydroxyl groups is 1. The van der Waals surface area contributed by atoms with Gasteiger partial charge in [0.25, 0.3) is 5.91 Å². The van der Waals surface area contributed by atoms with E-state index in [-0.39, 0.29) is 31.8 Å². The molecule has 1 aromatic rings. The Hall–Kier alpha value is -1.89. The van der Waals surface area contributed by atoms with Crippen molar-refractivity contribution >= 4 is 11.9 Å². The lowest BCUT2D eigenvalue weighted by atomic mass is 9.91. The van der Waals surface area contributed by atoms with Gasteiger partial charge < -0.3 is 19.6 Å². The van der Waals surface area contributed by atoms with Crippen molar-refractivity contribution in [3.8, 4) is 0 Å². The zero-order valence-corrected chi connectivity index (χ0v) is 12.4. The summed E-state index contributed by atoms with van der Waals surface area (Å²) in [5.74, 6) is -0.644. The van der Waals surface area contributed by atoms with Gasteiger partial charge in [0.2, 0.25) is 0 Å². The molecule has 2 heterocycles. The van der Waals surface area contributed by atoms with Crippen molar-refractivity contribution in [1.29, 1.82) is 0 Å². The number of amides is 1. The Morgan fingerprint density at radius 1 is 1.14 bits per heavy atom. The van der Waals surface area contributed by atoms with Gasteiger partial charge in [0.05, 0.1) is 0 Å². The lowest BCUT2D eigenvalue weighted by Crippen LogP contribution is -2.51. The monoisotopic (exact) mass is 308 g/mol. The molecule has 0 saturated carbocycles. The first-order valence-corrected chi connectivity index (χ1v) is 7.74. The number of carbonyl (C=O) groups is 2. The average Bonchev–Trinajstić information content (AvgIpc) is 2.76. The van der Waals surface area contributed by atoms with Crippen molar-refractivity contribution in [2.75, 3.05) is 13.1 Å². The molecule has 120 valence electrons. The van der Waals surface area contributed by atoms with Crippen LogP contribution in [0.5, 0.6) is 0 Å². The summed E-state index contributed by atoms with van der Waals surface area (Å²) in [6.07, 6.45) is 4.87. The van der Waals surface area contributed by atoms with E-state index in [4.69, 9.17) is 9.63 Å². The van der Waals surface area contributed by atoms with Crippen LogP contribution in [-0.4, -0.2) is 50.8 Å². The van der Waals surface area contributed by atoms with Gasteiger partial charge in [-0.25, -0.2) is 4.79 Å². The number of fused-ring (bicyclic) bond motifs is 1. The van der Waals surface area contributed by atoms with Gasteiger partial charge in [0.1, 0.15) is 5.76 Å². The van der Waals surface area contributed by atoms with Gasteiger partial charge in [-0.3, -0.25) is 4.79 Å². The van der Waals surface area contributed by atoms with Crippen LogP contribution in [-0.2, 0) is 17.6 Å². The number of carboxylic acids is 1. The summed E-state index contributed by atoms with van der Waals surface area (Å²) >= 11 is 0. The maximum atomic E-state index is 12.6. The molecule has 0 unspecified atom stereocenters. The third-order valence-corrected chi connectivity index (χ3v) is 4.68. The summed E-state index contributed by atoms with van der Waals surface area (Å²) in [6.45, 7) is 0.423. The fourth-order valence-corrected chi connectivity index (χ4v) is 3.17. The molecular weight excluding hydrogens is 288 g/mol. The highest BCUT2D eigenvalue weighted by molar-refractivity contribution is 5.94. The Balaban J connectivity index is 1.73. The Kier molecular flexibility index (Phi) is 3.90. The molecule has 2 aliphatic rings. The topological polar surface area (TPSA) is 104 Å². The molecule has 1 saturated heterocycles. The fraction of sp³-hybridized carbons (Fsp3) is 0.667. The first-order valence-electron chi connectivity index (χ1n) is 7.74. The Labute approximate surface area is 127 Å². The molecule has 7 nitrogen and oxygen atoms in total. The molecule has 2 N–H and O–H groups in total. The predicted molar refractivity (Wildman–Crippen MR) is 75.5 cm³/mol. The van der Waals surface area contributed by atoms with Crippen molar-refractivity contribution in [3.05, 3.63) is 17.0 Å². The predicted octanol–water partition coefficient (Wildman–Crippen LogP) is 0.995. The van der Waals surface area contributed by atoms with E-state index in [1.807, 2.05) is 0 Å². The number of aryl methyl sites for hydroxylation is 1. The maximum absolute atomic E-state index is 12.6. The van der Waals surface area contributed by atoms with Gasteiger partial charge in [0.15, 0.2) is 11.3 Å².